The number of benzene rings is 1. The Kier molecular flexibility index (Phi) is 4.33. The number of nitrogens with one attached hydrogen (secondary N) is 1. The predicted octanol–water partition coefficient (Wildman–Crippen LogP) is 5.17. The van der Waals surface area contributed by atoms with E-state index in [1.165, 1.54) is 11.3 Å². The molecule has 2 N–H and O–H groups in total. The number of rotatable bonds is 3. The molecule has 1 aliphatic rings. The Morgan fingerprint density at radius 1 is 1.52 bits per heavy atom. The number of nitrogens with zero attached hydrogens (tertiary/aromatic N) is 2. The number of anilines is 1. The third kappa shape index (κ3) is 2.82. The number of carbonyl (C=O) groups is 1. The first-order valence-corrected chi connectivity index (χ1v) is 10.7. The highest BCUT2D eigenvalue weighted by atomic mass is 35.5. The number of aryl methyl sites for hydroxylation is 1. The van der Waals surface area contributed by atoms with Crippen LogP contribution in [0.15, 0.2) is 42.0 Å². The van der Waals surface area contributed by atoms with Crippen molar-refractivity contribution in [2.45, 2.75) is 12.8 Å². The van der Waals surface area contributed by atoms with Crippen molar-refractivity contribution in [2.75, 3.05) is 17.3 Å². The average molecular weight is 424 g/mol. The number of carbonyl (C=O) groups excluding carboxylic acids is 1. The molecule has 1 aliphatic heterocycles. The van der Waals surface area contributed by atoms with Crippen molar-refractivity contribution >= 4 is 61.7 Å². The van der Waals surface area contributed by atoms with Gasteiger partial charge in [0.25, 0.3) is 5.91 Å². The number of aromatic hydroxyl groups is 1. The van der Waals surface area contributed by atoms with Gasteiger partial charge in [-0.1, -0.05) is 0 Å². The second kappa shape index (κ2) is 6.90. The quantitative estimate of drug-likeness (QED) is 0.352. The minimum Gasteiger partial charge on any atom is -0.506 e. The Morgan fingerprint density at radius 2 is 2.38 bits per heavy atom. The zero-order chi connectivity index (χ0) is 20.1. The number of aromatic nitrogens is 2. The van der Waals surface area contributed by atoms with E-state index in [9.17, 15) is 9.90 Å². The van der Waals surface area contributed by atoms with Gasteiger partial charge < -0.3 is 15.0 Å². The van der Waals surface area contributed by atoms with Gasteiger partial charge in [-0.3, -0.25) is 4.79 Å². The van der Waals surface area contributed by atoms with E-state index in [1.54, 1.807) is 29.3 Å². The van der Waals surface area contributed by atoms with Crippen LogP contribution in [0, 0.1) is 6.92 Å². The van der Waals surface area contributed by atoms with Crippen LogP contribution in [-0.2, 0) is 4.79 Å². The topological polar surface area (TPSA) is 69.2 Å². The fourth-order valence-corrected chi connectivity index (χ4v) is 5.35. The summed E-state index contributed by atoms with van der Waals surface area (Å²) in [6, 6.07) is 5.53. The summed E-state index contributed by atoms with van der Waals surface area (Å²) in [5.74, 6) is 0.530. The lowest BCUT2D eigenvalue weighted by Gasteiger charge is -2.16. The molecule has 1 aromatic carbocycles. The molecule has 4 aromatic rings. The number of alkyl halides is 1. The van der Waals surface area contributed by atoms with Gasteiger partial charge in [0.15, 0.2) is 0 Å². The number of pyridine rings is 1. The van der Waals surface area contributed by atoms with E-state index in [-0.39, 0.29) is 17.6 Å². The van der Waals surface area contributed by atoms with Crippen LogP contribution < -0.4 is 4.90 Å². The number of fused-ring (bicyclic) bond motifs is 4. The van der Waals surface area contributed by atoms with Crippen LogP contribution in [0.5, 0.6) is 5.75 Å². The molecule has 0 saturated carbocycles. The van der Waals surface area contributed by atoms with E-state index < -0.39 is 0 Å². The summed E-state index contributed by atoms with van der Waals surface area (Å²) in [4.78, 5) is 22.2. The Hall–Kier alpha value is -2.83. The van der Waals surface area contributed by atoms with Crippen molar-refractivity contribution in [1.29, 1.82) is 0 Å². The number of thiophene rings is 1. The molecule has 0 aliphatic carbocycles. The van der Waals surface area contributed by atoms with Gasteiger partial charge in [0.2, 0.25) is 0 Å². The highest BCUT2D eigenvalue weighted by molar-refractivity contribution is 7.17. The van der Waals surface area contributed by atoms with E-state index in [1.807, 2.05) is 30.6 Å². The van der Waals surface area contributed by atoms with E-state index in [0.717, 1.165) is 43.5 Å². The SMILES string of the molecule is Cc1csc2c(O)cc3c(c12)[C@@H](CCl)CN3C(=O)/C=C/c1c[nH]c2ncccc12. The van der Waals surface area contributed by atoms with Gasteiger partial charge in [0.1, 0.15) is 11.4 Å². The van der Waals surface area contributed by atoms with Crippen LogP contribution in [0.1, 0.15) is 22.6 Å². The summed E-state index contributed by atoms with van der Waals surface area (Å²) in [5, 5.41) is 14.5. The average Bonchev–Trinajstić information content (AvgIpc) is 3.41. The first kappa shape index (κ1) is 18.2. The van der Waals surface area contributed by atoms with Gasteiger partial charge in [-0.05, 0) is 41.6 Å². The lowest BCUT2D eigenvalue weighted by atomic mass is 9.97. The van der Waals surface area contributed by atoms with E-state index in [4.69, 9.17) is 11.6 Å². The van der Waals surface area contributed by atoms with Gasteiger partial charge in [-0.15, -0.1) is 22.9 Å². The van der Waals surface area contributed by atoms with E-state index >= 15 is 0 Å². The van der Waals surface area contributed by atoms with Crippen LogP contribution in [0.4, 0.5) is 5.69 Å². The molecule has 7 heteroatoms. The minimum atomic E-state index is -0.135. The van der Waals surface area contributed by atoms with Gasteiger partial charge in [0.05, 0.1) is 10.4 Å². The number of hydrogen-bond acceptors (Lipinski definition) is 4. The molecule has 0 spiro atoms. The molecular formula is C22H18ClN3O2S. The molecule has 4 heterocycles. The molecule has 146 valence electrons. The number of aromatic amines is 1. The van der Waals surface area contributed by atoms with Crippen LogP contribution in [0.25, 0.3) is 27.2 Å². The molecule has 0 bridgehead atoms. The van der Waals surface area contributed by atoms with Crippen LogP contribution in [0.3, 0.4) is 0 Å². The Balaban J connectivity index is 1.54. The lowest BCUT2D eigenvalue weighted by molar-refractivity contribution is -0.114. The minimum absolute atomic E-state index is 0.0395. The number of hydrogen-bond donors (Lipinski definition) is 2. The smallest absolute Gasteiger partial charge is 0.251 e. The normalized spacial score (nSPS) is 16.3. The third-order valence-corrected chi connectivity index (χ3v) is 6.96. The number of halogens is 1. The van der Waals surface area contributed by atoms with Crippen LogP contribution in [0.2, 0.25) is 0 Å². The third-order valence-electron chi connectivity index (χ3n) is 5.47. The maximum atomic E-state index is 13.1. The second-order valence-corrected chi connectivity index (χ2v) is 8.42. The maximum Gasteiger partial charge on any atom is 0.251 e. The van der Waals surface area contributed by atoms with Crippen LogP contribution >= 0.6 is 22.9 Å². The summed E-state index contributed by atoms with van der Waals surface area (Å²) >= 11 is 7.78. The highest BCUT2D eigenvalue weighted by Gasteiger charge is 2.34. The Morgan fingerprint density at radius 3 is 3.21 bits per heavy atom. The number of amides is 1. The first-order chi connectivity index (χ1) is 14.1. The van der Waals surface area contributed by atoms with Crippen molar-refractivity contribution < 1.29 is 9.90 Å². The van der Waals surface area contributed by atoms with E-state index in [2.05, 4.69) is 9.97 Å². The summed E-state index contributed by atoms with van der Waals surface area (Å²) in [6.07, 6.45) is 6.93. The van der Waals surface area contributed by atoms with Gasteiger partial charge in [0, 0.05) is 59.2 Å². The summed E-state index contributed by atoms with van der Waals surface area (Å²) in [7, 11) is 0. The molecule has 5 nitrogen and oxygen atoms in total. The highest BCUT2D eigenvalue weighted by Crippen LogP contribution is 2.48. The molecule has 3 aromatic heterocycles. The lowest BCUT2D eigenvalue weighted by Crippen LogP contribution is -2.28. The second-order valence-electron chi connectivity index (χ2n) is 7.23. The molecule has 29 heavy (non-hydrogen) atoms. The number of phenols is 1. The predicted molar refractivity (Wildman–Crippen MR) is 119 cm³/mol. The van der Waals surface area contributed by atoms with Gasteiger partial charge >= 0.3 is 0 Å². The van der Waals surface area contributed by atoms with Gasteiger partial charge in [-0.2, -0.15) is 0 Å². The zero-order valence-corrected chi connectivity index (χ0v) is 17.2. The number of phenolic OH excluding ortho intramolecular Hbond substituents is 1. The van der Waals surface area contributed by atoms with Crippen molar-refractivity contribution in [1.82, 2.24) is 9.97 Å². The maximum absolute atomic E-state index is 13.1. The van der Waals surface area contributed by atoms with Crippen molar-refractivity contribution in [3.8, 4) is 5.75 Å². The summed E-state index contributed by atoms with van der Waals surface area (Å²) in [5.41, 5.74) is 4.60. The van der Waals surface area contributed by atoms with Crippen molar-refractivity contribution in [2.24, 2.45) is 0 Å². The van der Waals surface area contributed by atoms with Crippen molar-refractivity contribution in [3.05, 3.63) is 58.7 Å². The molecular weight excluding hydrogens is 406 g/mol. The standard InChI is InChI=1S/C22H18ClN3O2S/c1-12-11-29-21-17(27)7-16-20(19(12)21)14(8-23)10-26(16)18(28)5-4-13-9-25-22-15(13)3-2-6-24-22/h2-7,9,11,14,27H,8,10H2,1H3,(H,24,25)/b5-4+/t14-/m0/s1. The molecule has 1 amide bonds. The van der Waals surface area contributed by atoms with Crippen molar-refractivity contribution in [3.63, 3.8) is 0 Å². The molecule has 5 rings (SSSR count). The Bertz CT molecular complexity index is 1290. The molecule has 0 radical (unpaired) electrons. The fourth-order valence-electron chi connectivity index (χ4n) is 4.12. The zero-order valence-electron chi connectivity index (χ0n) is 15.6. The molecule has 1 atom stereocenters. The fraction of sp³-hybridized carbons (Fsp3) is 0.182. The number of H-pyrrole nitrogens is 1. The summed E-state index contributed by atoms with van der Waals surface area (Å²) < 4.78 is 0.854. The van der Waals surface area contributed by atoms with Crippen LogP contribution in [-0.4, -0.2) is 33.4 Å². The van der Waals surface area contributed by atoms with E-state index in [0.29, 0.717) is 12.4 Å². The largest absolute Gasteiger partial charge is 0.506 e. The first-order valence-electron chi connectivity index (χ1n) is 9.29. The monoisotopic (exact) mass is 423 g/mol. The summed E-state index contributed by atoms with van der Waals surface area (Å²) in [6.45, 7) is 2.53. The Labute approximate surface area is 176 Å². The molecule has 0 fully saturated rings. The molecule has 0 saturated heterocycles. The van der Waals surface area contributed by atoms with Gasteiger partial charge in [-0.25, -0.2) is 4.98 Å². The molecule has 0 unspecified atom stereocenters.